The number of hydrogen-bond donors (Lipinski definition) is 0. The van der Waals surface area contributed by atoms with Crippen molar-refractivity contribution < 1.29 is 14.3 Å². The molecule has 0 amide bonds. The standard InChI is InChI=1S/C14H17ClO3/c1-3-18-14(17)7-6-12(16)8-11-5-4-10(2)13(15)9-11/h4-5,9H,3,6-8H2,1-2H3. The maximum atomic E-state index is 11.7. The van der Waals surface area contributed by atoms with E-state index < -0.39 is 0 Å². The van der Waals surface area contributed by atoms with Crippen LogP contribution in [0.3, 0.4) is 0 Å². The first-order valence-electron chi connectivity index (χ1n) is 5.95. The van der Waals surface area contributed by atoms with E-state index in [0.717, 1.165) is 11.1 Å². The highest BCUT2D eigenvalue weighted by Gasteiger charge is 2.09. The molecule has 0 atom stereocenters. The number of ether oxygens (including phenoxy) is 1. The van der Waals surface area contributed by atoms with Crippen molar-refractivity contribution in [2.75, 3.05) is 6.61 Å². The molecule has 0 heterocycles. The van der Waals surface area contributed by atoms with Gasteiger partial charge in [-0.15, -0.1) is 0 Å². The van der Waals surface area contributed by atoms with Crippen molar-refractivity contribution in [3.63, 3.8) is 0 Å². The Morgan fingerprint density at radius 2 is 2.00 bits per heavy atom. The molecule has 1 aromatic carbocycles. The first kappa shape index (κ1) is 14.7. The van der Waals surface area contributed by atoms with Crippen molar-refractivity contribution in [3.05, 3.63) is 34.3 Å². The molecule has 4 heteroatoms. The van der Waals surface area contributed by atoms with Crippen LogP contribution in [0.5, 0.6) is 0 Å². The number of carbonyl (C=O) groups excluding carboxylic acids is 2. The number of benzene rings is 1. The Morgan fingerprint density at radius 1 is 1.28 bits per heavy atom. The fraction of sp³-hybridized carbons (Fsp3) is 0.429. The van der Waals surface area contributed by atoms with E-state index in [1.165, 1.54) is 0 Å². The molecule has 0 unspecified atom stereocenters. The van der Waals surface area contributed by atoms with Crippen LogP contribution in [0.25, 0.3) is 0 Å². The minimum Gasteiger partial charge on any atom is -0.466 e. The number of carbonyl (C=O) groups is 2. The van der Waals surface area contributed by atoms with E-state index in [1.807, 2.05) is 19.1 Å². The van der Waals surface area contributed by atoms with Gasteiger partial charge in [0.2, 0.25) is 0 Å². The summed E-state index contributed by atoms with van der Waals surface area (Å²) in [5.41, 5.74) is 1.86. The third-order valence-corrected chi connectivity index (χ3v) is 2.96. The Hall–Kier alpha value is -1.35. The first-order valence-corrected chi connectivity index (χ1v) is 6.33. The molecular weight excluding hydrogens is 252 g/mol. The lowest BCUT2D eigenvalue weighted by Crippen LogP contribution is -2.09. The molecule has 0 bridgehead atoms. The van der Waals surface area contributed by atoms with Crippen LogP contribution in [0, 0.1) is 6.92 Å². The molecule has 0 aromatic heterocycles. The van der Waals surface area contributed by atoms with Gasteiger partial charge in [0.1, 0.15) is 5.78 Å². The number of hydrogen-bond acceptors (Lipinski definition) is 3. The largest absolute Gasteiger partial charge is 0.466 e. The molecule has 0 aliphatic rings. The van der Waals surface area contributed by atoms with E-state index in [0.29, 0.717) is 18.1 Å². The molecule has 98 valence electrons. The van der Waals surface area contributed by atoms with Crippen molar-refractivity contribution in [3.8, 4) is 0 Å². The topological polar surface area (TPSA) is 43.4 Å². The molecule has 0 saturated carbocycles. The molecule has 1 rings (SSSR count). The lowest BCUT2D eigenvalue weighted by atomic mass is 10.0. The van der Waals surface area contributed by atoms with Gasteiger partial charge in [0.15, 0.2) is 0 Å². The van der Waals surface area contributed by atoms with E-state index in [9.17, 15) is 9.59 Å². The van der Waals surface area contributed by atoms with E-state index in [-0.39, 0.29) is 24.6 Å². The minimum atomic E-state index is -0.326. The summed E-state index contributed by atoms with van der Waals surface area (Å²) in [5, 5.41) is 0.658. The Morgan fingerprint density at radius 3 is 2.61 bits per heavy atom. The third-order valence-electron chi connectivity index (χ3n) is 2.55. The van der Waals surface area contributed by atoms with E-state index >= 15 is 0 Å². The zero-order valence-electron chi connectivity index (χ0n) is 10.7. The van der Waals surface area contributed by atoms with Crippen molar-refractivity contribution in [2.45, 2.75) is 33.1 Å². The van der Waals surface area contributed by atoms with Crippen LogP contribution in [-0.4, -0.2) is 18.4 Å². The first-order chi connectivity index (χ1) is 8.52. The van der Waals surface area contributed by atoms with Crippen molar-refractivity contribution in [1.82, 2.24) is 0 Å². The van der Waals surface area contributed by atoms with Crippen LogP contribution in [0.15, 0.2) is 18.2 Å². The molecule has 3 nitrogen and oxygen atoms in total. The average Bonchev–Trinajstić information content (AvgIpc) is 2.32. The second-order valence-electron chi connectivity index (χ2n) is 4.10. The van der Waals surface area contributed by atoms with Crippen molar-refractivity contribution in [1.29, 1.82) is 0 Å². The molecular formula is C14H17ClO3. The Labute approximate surface area is 112 Å². The molecule has 0 N–H and O–H groups in total. The molecule has 0 aliphatic carbocycles. The molecule has 18 heavy (non-hydrogen) atoms. The second-order valence-corrected chi connectivity index (χ2v) is 4.51. The van der Waals surface area contributed by atoms with E-state index in [4.69, 9.17) is 16.3 Å². The second kappa shape index (κ2) is 7.17. The van der Waals surface area contributed by atoms with Gasteiger partial charge >= 0.3 is 5.97 Å². The number of halogens is 1. The van der Waals surface area contributed by atoms with Crippen LogP contribution in [-0.2, 0) is 20.7 Å². The highest BCUT2D eigenvalue weighted by atomic mass is 35.5. The van der Waals surface area contributed by atoms with Gasteiger partial charge in [0, 0.05) is 17.9 Å². The maximum absolute atomic E-state index is 11.7. The SMILES string of the molecule is CCOC(=O)CCC(=O)Cc1ccc(C)c(Cl)c1. The zero-order chi connectivity index (χ0) is 13.5. The Kier molecular flexibility index (Phi) is 5.86. The minimum absolute atomic E-state index is 0.0166. The predicted molar refractivity (Wildman–Crippen MR) is 70.8 cm³/mol. The molecule has 0 radical (unpaired) electrons. The zero-order valence-corrected chi connectivity index (χ0v) is 11.4. The van der Waals surface area contributed by atoms with Gasteiger partial charge in [-0.3, -0.25) is 9.59 Å². The van der Waals surface area contributed by atoms with Crippen molar-refractivity contribution >= 4 is 23.4 Å². The van der Waals surface area contributed by atoms with Crippen LogP contribution in [0.1, 0.15) is 30.9 Å². The highest BCUT2D eigenvalue weighted by molar-refractivity contribution is 6.31. The highest BCUT2D eigenvalue weighted by Crippen LogP contribution is 2.17. The summed E-state index contributed by atoms with van der Waals surface area (Å²) >= 11 is 5.98. The summed E-state index contributed by atoms with van der Waals surface area (Å²) < 4.78 is 4.77. The van der Waals surface area contributed by atoms with E-state index in [1.54, 1.807) is 13.0 Å². The molecule has 1 aromatic rings. The number of aryl methyl sites for hydroxylation is 1. The summed E-state index contributed by atoms with van der Waals surface area (Å²) in [5.74, 6) is -0.309. The molecule has 0 saturated heterocycles. The van der Waals surface area contributed by atoms with Gasteiger partial charge in [-0.05, 0) is 31.0 Å². The van der Waals surface area contributed by atoms with Crippen molar-refractivity contribution in [2.24, 2.45) is 0 Å². The third kappa shape index (κ3) is 4.88. The lowest BCUT2D eigenvalue weighted by Gasteiger charge is -2.04. The fourth-order valence-corrected chi connectivity index (χ4v) is 1.74. The van der Waals surface area contributed by atoms with Gasteiger partial charge in [0.25, 0.3) is 0 Å². The molecule has 0 fully saturated rings. The summed E-state index contributed by atoms with van der Waals surface area (Å²) in [6, 6.07) is 5.55. The quantitative estimate of drug-likeness (QED) is 0.745. The number of ketones is 1. The smallest absolute Gasteiger partial charge is 0.306 e. The fourth-order valence-electron chi connectivity index (χ4n) is 1.54. The van der Waals surface area contributed by atoms with Crippen LogP contribution in [0.2, 0.25) is 5.02 Å². The van der Waals surface area contributed by atoms with Crippen LogP contribution >= 0.6 is 11.6 Å². The Balaban J connectivity index is 2.44. The monoisotopic (exact) mass is 268 g/mol. The van der Waals surface area contributed by atoms with Gasteiger partial charge in [-0.1, -0.05) is 23.7 Å². The summed E-state index contributed by atoms with van der Waals surface area (Å²) in [7, 11) is 0. The van der Waals surface area contributed by atoms with Gasteiger partial charge in [0.05, 0.1) is 13.0 Å². The maximum Gasteiger partial charge on any atom is 0.306 e. The van der Waals surface area contributed by atoms with Gasteiger partial charge in [-0.25, -0.2) is 0 Å². The predicted octanol–water partition coefficient (Wildman–Crippen LogP) is 3.10. The van der Waals surface area contributed by atoms with Gasteiger partial charge in [-0.2, -0.15) is 0 Å². The summed E-state index contributed by atoms with van der Waals surface area (Å²) in [6.07, 6.45) is 0.663. The number of esters is 1. The lowest BCUT2D eigenvalue weighted by molar-refractivity contribution is -0.144. The van der Waals surface area contributed by atoms with E-state index in [2.05, 4.69) is 0 Å². The molecule has 0 spiro atoms. The van der Waals surface area contributed by atoms with Crippen LogP contribution in [0.4, 0.5) is 0 Å². The summed E-state index contributed by atoms with van der Waals surface area (Å²) in [6.45, 7) is 4.00. The average molecular weight is 269 g/mol. The number of rotatable bonds is 6. The molecule has 0 aliphatic heterocycles. The summed E-state index contributed by atoms with van der Waals surface area (Å²) in [4.78, 5) is 22.8. The Bertz CT molecular complexity index is 441. The van der Waals surface area contributed by atoms with Gasteiger partial charge < -0.3 is 4.74 Å². The normalized spacial score (nSPS) is 10.2. The number of Topliss-reactive ketones (excluding diaryl/α,β-unsaturated/α-hetero) is 1. The van der Waals surface area contributed by atoms with Crippen LogP contribution < -0.4 is 0 Å².